The first-order chi connectivity index (χ1) is 3.81. The molecule has 0 aliphatic rings. The van der Waals surface area contributed by atoms with Crippen molar-refractivity contribution in [2.45, 2.75) is 0 Å². The molecule has 0 unspecified atom stereocenters. The van der Waals surface area contributed by atoms with Gasteiger partial charge in [-0.3, -0.25) is 4.79 Å². The normalized spacial score (nSPS) is 7.50. The summed E-state index contributed by atoms with van der Waals surface area (Å²) in [6.45, 7) is 0.113. The van der Waals surface area contributed by atoms with Crippen LogP contribution in [0.25, 0.3) is 0 Å². The van der Waals surface area contributed by atoms with Gasteiger partial charge in [-0.25, -0.2) is 0 Å². The molecular formula is C4H5IN2O. The summed E-state index contributed by atoms with van der Waals surface area (Å²) >= 11 is 1.93. The Hall–Kier alpha value is -0.310. The molecule has 0 aliphatic carbocycles. The van der Waals surface area contributed by atoms with Crippen LogP contribution in [0.4, 0.5) is 0 Å². The molecule has 0 aromatic heterocycles. The Morgan fingerprint density at radius 2 is 2.50 bits per heavy atom. The fourth-order valence-corrected chi connectivity index (χ4v) is 0.455. The average Bonchev–Trinajstić information content (AvgIpc) is 1.83. The lowest BCUT2D eigenvalue weighted by Gasteiger charge is -1.91. The van der Waals surface area contributed by atoms with Gasteiger partial charge >= 0.3 is 0 Å². The quantitative estimate of drug-likeness (QED) is 0.409. The lowest BCUT2D eigenvalue weighted by Crippen LogP contribution is -2.23. The van der Waals surface area contributed by atoms with Crippen LogP contribution in [-0.4, -0.2) is 16.9 Å². The van der Waals surface area contributed by atoms with Crippen molar-refractivity contribution in [2.24, 2.45) is 0 Å². The Balaban J connectivity index is 3.15. The molecule has 44 valence electrons. The van der Waals surface area contributed by atoms with E-state index in [4.69, 9.17) is 5.26 Å². The topological polar surface area (TPSA) is 52.9 Å². The summed E-state index contributed by atoms with van der Waals surface area (Å²) in [6.07, 6.45) is 0. The van der Waals surface area contributed by atoms with Crippen molar-refractivity contribution in [3.8, 4) is 6.07 Å². The van der Waals surface area contributed by atoms with Crippen LogP contribution >= 0.6 is 22.6 Å². The second-order valence-electron chi connectivity index (χ2n) is 1.07. The minimum atomic E-state index is -0.0906. The van der Waals surface area contributed by atoms with Crippen molar-refractivity contribution >= 4 is 28.5 Å². The Morgan fingerprint density at radius 1 is 1.88 bits per heavy atom. The van der Waals surface area contributed by atoms with Crippen molar-refractivity contribution in [3.05, 3.63) is 0 Å². The van der Waals surface area contributed by atoms with Gasteiger partial charge in [0.2, 0.25) is 5.91 Å². The number of hydrogen-bond acceptors (Lipinski definition) is 2. The van der Waals surface area contributed by atoms with Crippen LogP contribution in [0.2, 0.25) is 0 Å². The van der Waals surface area contributed by atoms with E-state index in [1.54, 1.807) is 6.07 Å². The van der Waals surface area contributed by atoms with E-state index in [1.807, 2.05) is 22.6 Å². The average molecular weight is 224 g/mol. The Bertz CT molecular complexity index is 118. The van der Waals surface area contributed by atoms with Crippen LogP contribution in [0.1, 0.15) is 0 Å². The number of rotatable bonds is 2. The molecule has 0 radical (unpaired) electrons. The number of halogens is 1. The molecule has 8 heavy (non-hydrogen) atoms. The van der Waals surface area contributed by atoms with Crippen molar-refractivity contribution in [3.63, 3.8) is 0 Å². The minimum absolute atomic E-state index is 0.0906. The zero-order chi connectivity index (χ0) is 6.41. The summed E-state index contributed by atoms with van der Waals surface area (Å²) in [5, 5.41) is 10.3. The highest BCUT2D eigenvalue weighted by Crippen LogP contribution is 1.77. The predicted molar refractivity (Wildman–Crippen MR) is 37.5 cm³/mol. The molecule has 0 aromatic carbocycles. The van der Waals surface area contributed by atoms with Crippen molar-refractivity contribution in [2.75, 3.05) is 11.0 Å². The maximum absolute atomic E-state index is 10.3. The molecule has 0 aliphatic heterocycles. The van der Waals surface area contributed by atoms with Gasteiger partial charge in [-0.05, 0) is 0 Å². The van der Waals surface area contributed by atoms with Gasteiger partial charge in [-0.2, -0.15) is 5.26 Å². The van der Waals surface area contributed by atoms with E-state index in [1.165, 1.54) is 0 Å². The number of carbonyl (C=O) groups excluding carboxylic acids is 1. The number of carbonyl (C=O) groups is 1. The minimum Gasteiger partial charge on any atom is -0.342 e. The van der Waals surface area contributed by atoms with Crippen molar-refractivity contribution < 1.29 is 4.79 Å². The summed E-state index contributed by atoms with van der Waals surface area (Å²) < 4.78 is 0.416. The molecule has 1 amide bonds. The Labute approximate surface area is 61.2 Å². The molecule has 0 atom stereocenters. The van der Waals surface area contributed by atoms with E-state index in [2.05, 4.69) is 5.32 Å². The zero-order valence-corrected chi connectivity index (χ0v) is 6.31. The molecule has 3 nitrogen and oxygen atoms in total. The maximum atomic E-state index is 10.3. The van der Waals surface area contributed by atoms with E-state index in [0.717, 1.165) is 0 Å². The van der Waals surface area contributed by atoms with Crippen LogP contribution in [-0.2, 0) is 4.79 Å². The van der Waals surface area contributed by atoms with Crippen LogP contribution in [0, 0.1) is 11.3 Å². The highest BCUT2D eigenvalue weighted by Gasteiger charge is 1.92. The number of hydrogen-bond donors (Lipinski definition) is 1. The summed E-state index contributed by atoms with van der Waals surface area (Å²) in [5.74, 6) is -0.0906. The highest BCUT2D eigenvalue weighted by atomic mass is 127. The van der Waals surface area contributed by atoms with Crippen LogP contribution in [0.15, 0.2) is 0 Å². The number of amides is 1. The van der Waals surface area contributed by atoms with E-state index < -0.39 is 0 Å². The summed E-state index contributed by atoms with van der Waals surface area (Å²) in [4.78, 5) is 10.3. The van der Waals surface area contributed by atoms with Gasteiger partial charge in [0, 0.05) is 0 Å². The lowest BCUT2D eigenvalue weighted by atomic mass is 10.6. The van der Waals surface area contributed by atoms with E-state index >= 15 is 0 Å². The predicted octanol–water partition coefficient (Wildman–Crippen LogP) is 0.0612. The van der Waals surface area contributed by atoms with Gasteiger partial charge in [0.1, 0.15) is 6.54 Å². The molecule has 0 saturated heterocycles. The van der Waals surface area contributed by atoms with Crippen LogP contribution in [0.5, 0.6) is 0 Å². The number of nitrogens with one attached hydrogen (secondary N) is 1. The van der Waals surface area contributed by atoms with Gasteiger partial charge in [0.05, 0.1) is 10.5 Å². The maximum Gasteiger partial charge on any atom is 0.230 e. The van der Waals surface area contributed by atoms with E-state index in [9.17, 15) is 4.79 Å². The SMILES string of the molecule is N#CCNC(=O)CI. The van der Waals surface area contributed by atoms with E-state index in [-0.39, 0.29) is 12.5 Å². The van der Waals surface area contributed by atoms with E-state index in [0.29, 0.717) is 4.43 Å². The van der Waals surface area contributed by atoms with Gasteiger partial charge < -0.3 is 5.32 Å². The lowest BCUT2D eigenvalue weighted by molar-refractivity contribution is -0.118. The third-order valence-electron chi connectivity index (χ3n) is 0.486. The third kappa shape index (κ3) is 3.87. The van der Waals surface area contributed by atoms with Gasteiger partial charge in [-0.15, -0.1) is 0 Å². The fraction of sp³-hybridized carbons (Fsp3) is 0.500. The second kappa shape index (κ2) is 4.84. The summed E-state index contributed by atoms with van der Waals surface area (Å²) in [6, 6.07) is 1.80. The molecule has 0 aromatic rings. The van der Waals surface area contributed by atoms with Gasteiger partial charge in [-0.1, -0.05) is 22.6 Å². The summed E-state index contributed by atoms with van der Waals surface area (Å²) in [7, 11) is 0. The van der Waals surface area contributed by atoms with Crippen LogP contribution < -0.4 is 5.32 Å². The smallest absolute Gasteiger partial charge is 0.230 e. The standard InChI is InChI=1S/C4H5IN2O/c5-3-4(8)7-2-1-6/h2-3H2,(H,7,8). The Kier molecular flexibility index (Phi) is 4.65. The molecule has 0 rings (SSSR count). The molecule has 0 heterocycles. The first kappa shape index (κ1) is 7.69. The van der Waals surface area contributed by atoms with Crippen LogP contribution in [0.3, 0.4) is 0 Å². The highest BCUT2D eigenvalue weighted by molar-refractivity contribution is 14.1. The monoisotopic (exact) mass is 224 g/mol. The van der Waals surface area contributed by atoms with Crippen molar-refractivity contribution in [1.82, 2.24) is 5.32 Å². The summed E-state index contributed by atoms with van der Waals surface area (Å²) in [5.41, 5.74) is 0. The first-order valence-corrected chi connectivity index (χ1v) is 3.53. The van der Waals surface area contributed by atoms with Crippen molar-refractivity contribution in [1.29, 1.82) is 5.26 Å². The molecule has 4 heteroatoms. The Morgan fingerprint density at radius 3 is 2.88 bits per heavy atom. The third-order valence-corrected chi connectivity index (χ3v) is 1.18. The second-order valence-corrected chi connectivity index (χ2v) is 1.83. The fourth-order valence-electron chi connectivity index (χ4n) is 0.185. The first-order valence-electron chi connectivity index (χ1n) is 2.01. The molecule has 0 saturated carbocycles. The van der Waals surface area contributed by atoms with Gasteiger partial charge in [0.25, 0.3) is 0 Å². The number of nitrogens with zero attached hydrogens (tertiary/aromatic N) is 1. The molecular weight excluding hydrogens is 219 g/mol. The zero-order valence-electron chi connectivity index (χ0n) is 4.15. The molecule has 0 spiro atoms. The largest absolute Gasteiger partial charge is 0.342 e. The number of nitriles is 1. The molecule has 0 bridgehead atoms. The molecule has 0 fully saturated rings. The van der Waals surface area contributed by atoms with Gasteiger partial charge in [0.15, 0.2) is 0 Å². The number of alkyl halides is 1. The molecule has 1 N–H and O–H groups in total.